The van der Waals surface area contributed by atoms with E-state index in [-0.39, 0.29) is 22.3 Å². The number of ether oxygens (including phenoxy) is 5. The van der Waals surface area contributed by atoms with E-state index in [0.717, 1.165) is 0 Å². The molecule has 1 fully saturated rings. The molecule has 1 aliphatic heterocycles. The van der Waals surface area contributed by atoms with Gasteiger partial charge in [0.15, 0.2) is 12.2 Å². The van der Waals surface area contributed by atoms with Gasteiger partial charge >= 0.3 is 23.9 Å². The van der Waals surface area contributed by atoms with E-state index < -0.39 is 61.2 Å². The molecular weight excluding hydrogens is 568 g/mol. The number of carbonyl (C=O) groups excluding carboxylic acids is 4. The molecule has 44 heavy (non-hydrogen) atoms. The van der Waals surface area contributed by atoms with Gasteiger partial charge in [0.25, 0.3) is 0 Å². The molecular formula is C34H28O10. The highest BCUT2D eigenvalue weighted by Crippen LogP contribution is 2.36. The summed E-state index contributed by atoms with van der Waals surface area (Å²) < 4.78 is 28.1. The lowest BCUT2D eigenvalue weighted by Crippen LogP contribution is -2.51. The van der Waals surface area contributed by atoms with Crippen LogP contribution < -0.4 is 0 Å². The fourth-order valence-electron chi connectivity index (χ4n) is 4.56. The second kappa shape index (κ2) is 13.8. The third kappa shape index (κ3) is 7.17. The van der Waals surface area contributed by atoms with Crippen LogP contribution >= 0.6 is 0 Å². The minimum absolute atomic E-state index is 0.142. The number of hydrogen-bond acceptors (Lipinski definition) is 10. The van der Waals surface area contributed by atoms with Crippen LogP contribution in [-0.4, -0.2) is 66.3 Å². The molecule has 0 aromatic heterocycles. The lowest BCUT2D eigenvalue weighted by molar-refractivity contribution is -0.247. The molecule has 0 spiro atoms. The Morgan fingerprint density at radius 2 is 0.955 bits per heavy atom. The van der Waals surface area contributed by atoms with Crippen molar-refractivity contribution >= 4 is 23.9 Å². The van der Waals surface area contributed by atoms with Crippen molar-refractivity contribution in [3.05, 3.63) is 144 Å². The average Bonchev–Trinajstić information content (AvgIpc) is 3.33. The first-order valence-electron chi connectivity index (χ1n) is 13.7. The molecule has 4 atom stereocenters. The number of esters is 4. The Kier molecular flexibility index (Phi) is 9.43. The Morgan fingerprint density at radius 3 is 1.41 bits per heavy atom. The highest BCUT2D eigenvalue weighted by Gasteiger charge is 2.60. The third-order valence-corrected chi connectivity index (χ3v) is 6.77. The summed E-state index contributed by atoms with van der Waals surface area (Å²) in [5.74, 6) is -5.67. The monoisotopic (exact) mass is 596 g/mol. The van der Waals surface area contributed by atoms with E-state index in [1.807, 2.05) is 0 Å². The molecule has 0 saturated carbocycles. The molecule has 10 heteroatoms. The van der Waals surface area contributed by atoms with Crippen molar-refractivity contribution in [2.75, 3.05) is 13.2 Å². The van der Waals surface area contributed by atoms with Crippen LogP contribution in [0.3, 0.4) is 0 Å². The van der Waals surface area contributed by atoms with E-state index in [4.69, 9.17) is 23.7 Å². The number of benzene rings is 4. The van der Waals surface area contributed by atoms with Crippen molar-refractivity contribution in [3.63, 3.8) is 0 Å². The number of rotatable bonds is 10. The third-order valence-electron chi connectivity index (χ3n) is 6.77. The van der Waals surface area contributed by atoms with Gasteiger partial charge in [-0.1, -0.05) is 72.8 Å². The maximum Gasteiger partial charge on any atom is 0.338 e. The fraction of sp³-hybridized carbons (Fsp3) is 0.176. The Hall–Kier alpha value is -5.32. The van der Waals surface area contributed by atoms with Gasteiger partial charge in [-0.15, -0.1) is 0 Å². The SMILES string of the molecule is O=C(OC[C@H]1O[C@@](O)(COC(=O)c2ccccc2)[C@@H](OC(=O)c2ccccc2)[C@@H]1OC(=O)c1ccccc1)c1ccccc1. The largest absolute Gasteiger partial charge is 0.459 e. The molecule has 0 bridgehead atoms. The van der Waals surface area contributed by atoms with Gasteiger partial charge in [0.1, 0.15) is 19.3 Å². The molecule has 1 heterocycles. The van der Waals surface area contributed by atoms with Gasteiger partial charge in [0.2, 0.25) is 5.79 Å². The van der Waals surface area contributed by atoms with Gasteiger partial charge in [-0.25, -0.2) is 19.2 Å². The Morgan fingerprint density at radius 1 is 0.568 bits per heavy atom. The lowest BCUT2D eigenvalue weighted by atomic mass is 10.0. The maximum atomic E-state index is 13.2. The molecule has 0 amide bonds. The lowest BCUT2D eigenvalue weighted by Gasteiger charge is -2.29. The van der Waals surface area contributed by atoms with Crippen molar-refractivity contribution in [2.45, 2.75) is 24.1 Å². The van der Waals surface area contributed by atoms with Gasteiger partial charge in [0, 0.05) is 0 Å². The second-order valence-corrected chi connectivity index (χ2v) is 9.84. The predicted octanol–water partition coefficient (Wildman–Crippen LogP) is 4.24. The van der Waals surface area contributed by atoms with Crippen LogP contribution in [0.2, 0.25) is 0 Å². The van der Waals surface area contributed by atoms with Crippen molar-refractivity contribution in [3.8, 4) is 0 Å². The predicted molar refractivity (Wildman–Crippen MR) is 155 cm³/mol. The van der Waals surface area contributed by atoms with E-state index in [2.05, 4.69) is 0 Å². The summed E-state index contributed by atoms with van der Waals surface area (Å²) in [6.45, 7) is -1.31. The summed E-state index contributed by atoms with van der Waals surface area (Å²) >= 11 is 0. The fourth-order valence-corrected chi connectivity index (χ4v) is 4.56. The average molecular weight is 597 g/mol. The van der Waals surface area contributed by atoms with Crippen LogP contribution in [0.15, 0.2) is 121 Å². The molecule has 1 aliphatic rings. The Balaban J connectivity index is 1.44. The molecule has 1 saturated heterocycles. The Labute approximate surface area is 252 Å². The minimum atomic E-state index is -2.50. The first-order valence-corrected chi connectivity index (χ1v) is 13.7. The van der Waals surface area contributed by atoms with Gasteiger partial charge in [-0.2, -0.15) is 0 Å². The summed E-state index contributed by atoms with van der Waals surface area (Å²) in [5, 5.41) is 11.7. The van der Waals surface area contributed by atoms with Crippen LogP contribution in [0, 0.1) is 0 Å². The van der Waals surface area contributed by atoms with E-state index in [1.165, 1.54) is 36.4 Å². The summed E-state index contributed by atoms with van der Waals surface area (Å²) in [4.78, 5) is 51.8. The van der Waals surface area contributed by atoms with E-state index in [1.54, 1.807) is 84.9 Å². The first-order chi connectivity index (χ1) is 21.3. The van der Waals surface area contributed by atoms with Crippen molar-refractivity contribution in [1.29, 1.82) is 0 Å². The van der Waals surface area contributed by atoms with Gasteiger partial charge in [-0.3, -0.25) is 0 Å². The van der Waals surface area contributed by atoms with Crippen LogP contribution in [0.1, 0.15) is 41.4 Å². The smallest absolute Gasteiger partial charge is 0.338 e. The van der Waals surface area contributed by atoms with E-state index in [0.29, 0.717) is 0 Å². The second-order valence-electron chi connectivity index (χ2n) is 9.84. The summed E-state index contributed by atoms with van der Waals surface area (Å²) in [6, 6.07) is 32.1. The van der Waals surface area contributed by atoms with Crippen LogP contribution in [0.5, 0.6) is 0 Å². The highest BCUT2D eigenvalue weighted by molar-refractivity contribution is 5.91. The van der Waals surface area contributed by atoms with Gasteiger partial charge < -0.3 is 28.8 Å². The summed E-state index contributed by atoms with van der Waals surface area (Å²) in [6.07, 6.45) is -4.52. The number of hydrogen-bond donors (Lipinski definition) is 1. The van der Waals surface area contributed by atoms with Crippen LogP contribution in [-0.2, 0) is 23.7 Å². The molecule has 4 aromatic rings. The molecule has 0 unspecified atom stereocenters. The number of aliphatic hydroxyl groups is 1. The van der Waals surface area contributed by atoms with Crippen molar-refractivity contribution in [2.24, 2.45) is 0 Å². The zero-order chi connectivity index (χ0) is 30.9. The van der Waals surface area contributed by atoms with Gasteiger partial charge in [-0.05, 0) is 48.5 Å². The molecule has 4 aromatic carbocycles. The summed E-state index contributed by atoms with van der Waals surface area (Å²) in [5.41, 5.74) is 0.768. The zero-order valence-electron chi connectivity index (χ0n) is 23.3. The van der Waals surface area contributed by atoms with E-state index >= 15 is 0 Å². The normalized spacial score (nSPS) is 20.7. The summed E-state index contributed by atoms with van der Waals surface area (Å²) in [7, 11) is 0. The molecule has 0 aliphatic carbocycles. The maximum absolute atomic E-state index is 13.2. The van der Waals surface area contributed by atoms with Crippen molar-refractivity contribution < 1.29 is 48.0 Å². The molecule has 0 radical (unpaired) electrons. The number of carbonyl (C=O) groups is 4. The topological polar surface area (TPSA) is 135 Å². The zero-order valence-corrected chi connectivity index (χ0v) is 23.3. The van der Waals surface area contributed by atoms with Crippen molar-refractivity contribution in [1.82, 2.24) is 0 Å². The molecule has 1 N–H and O–H groups in total. The van der Waals surface area contributed by atoms with Crippen LogP contribution in [0.4, 0.5) is 0 Å². The molecule has 5 rings (SSSR count). The van der Waals surface area contributed by atoms with Crippen LogP contribution in [0.25, 0.3) is 0 Å². The van der Waals surface area contributed by atoms with E-state index in [9.17, 15) is 24.3 Å². The quantitative estimate of drug-likeness (QED) is 0.209. The first kappa shape index (κ1) is 30.1. The molecule has 224 valence electrons. The van der Waals surface area contributed by atoms with Gasteiger partial charge in [0.05, 0.1) is 22.3 Å². The molecule has 10 nitrogen and oxygen atoms in total. The minimum Gasteiger partial charge on any atom is -0.459 e. The highest BCUT2D eigenvalue weighted by atomic mass is 16.7. The standard InChI is InChI=1S/C34H28O10/c35-30(23-13-5-1-6-14-23)40-21-27-28(42-32(37)25-17-9-3-10-18-25)29(43-33(38)26-19-11-4-12-20-26)34(39,44-27)22-41-31(36)24-15-7-2-8-16-24/h1-20,27-29,39H,21-22H2/t27-,28-,29+,34+/m1/s1. The Bertz CT molecular complexity index is 1580.